The zero-order valence-electron chi connectivity index (χ0n) is 17.0. The van der Waals surface area contributed by atoms with E-state index in [1.807, 2.05) is 53.1 Å². The number of furan rings is 1. The summed E-state index contributed by atoms with van der Waals surface area (Å²) in [4.78, 5) is 32.8. The third-order valence-corrected chi connectivity index (χ3v) is 5.61. The number of carbonyl (C=O) groups is 2. The van der Waals surface area contributed by atoms with Gasteiger partial charge in [0.25, 0.3) is 5.91 Å². The van der Waals surface area contributed by atoms with Crippen molar-refractivity contribution in [3.8, 4) is 6.07 Å². The molecule has 1 amide bonds. The van der Waals surface area contributed by atoms with Crippen molar-refractivity contribution >= 4 is 23.1 Å². The van der Waals surface area contributed by atoms with E-state index in [-0.39, 0.29) is 23.8 Å². The maximum atomic E-state index is 13.0. The van der Waals surface area contributed by atoms with Gasteiger partial charge in [-0.1, -0.05) is 12.1 Å². The monoisotopic (exact) mass is 405 g/mol. The Labute approximate surface area is 175 Å². The molecular weight excluding hydrogens is 382 g/mol. The molecular formula is C22H23N5O3. The average Bonchev–Trinajstić information content (AvgIpc) is 3.38. The van der Waals surface area contributed by atoms with Crippen LogP contribution in [0.15, 0.2) is 58.5 Å². The molecule has 4 rings (SSSR count). The normalized spacial score (nSPS) is 16.4. The van der Waals surface area contributed by atoms with Gasteiger partial charge in [0.2, 0.25) is 0 Å². The van der Waals surface area contributed by atoms with Gasteiger partial charge in [-0.25, -0.2) is 0 Å². The summed E-state index contributed by atoms with van der Waals surface area (Å²) in [5, 5.41) is 9.76. The predicted octanol–water partition coefficient (Wildman–Crippen LogP) is 1.93. The van der Waals surface area contributed by atoms with E-state index < -0.39 is 0 Å². The van der Waals surface area contributed by atoms with Crippen molar-refractivity contribution in [1.82, 2.24) is 9.80 Å². The van der Waals surface area contributed by atoms with Crippen molar-refractivity contribution in [3.63, 3.8) is 0 Å². The molecule has 0 saturated carbocycles. The smallest absolute Gasteiger partial charge is 0.289 e. The Balaban J connectivity index is 1.43. The topological polar surface area (TPSA) is 84.0 Å². The summed E-state index contributed by atoms with van der Waals surface area (Å²) in [6.45, 7) is 2.30. The minimum absolute atomic E-state index is 0.141. The van der Waals surface area contributed by atoms with Crippen molar-refractivity contribution in [2.45, 2.75) is 0 Å². The highest BCUT2D eigenvalue weighted by Crippen LogP contribution is 2.40. The van der Waals surface area contributed by atoms with E-state index in [1.54, 1.807) is 17.0 Å². The molecule has 1 aromatic carbocycles. The lowest BCUT2D eigenvalue weighted by atomic mass is 10.1. The summed E-state index contributed by atoms with van der Waals surface area (Å²) in [6.07, 6.45) is 1.48. The molecule has 0 bridgehead atoms. The van der Waals surface area contributed by atoms with Crippen molar-refractivity contribution in [1.29, 1.82) is 5.26 Å². The molecule has 0 N–H and O–H groups in total. The largest absolute Gasteiger partial charge is 0.459 e. The first-order valence-electron chi connectivity index (χ1n) is 9.80. The van der Waals surface area contributed by atoms with E-state index in [4.69, 9.17) is 4.42 Å². The molecule has 1 saturated heterocycles. The second-order valence-corrected chi connectivity index (χ2v) is 7.39. The summed E-state index contributed by atoms with van der Waals surface area (Å²) < 4.78 is 5.18. The summed E-state index contributed by atoms with van der Waals surface area (Å²) in [6, 6.07) is 13.3. The third-order valence-electron chi connectivity index (χ3n) is 5.61. The number of Topliss-reactive ketones (excluding diaryl/α,β-unsaturated/α-hetero) is 1. The fourth-order valence-electron chi connectivity index (χ4n) is 4.00. The maximum Gasteiger partial charge on any atom is 0.289 e. The van der Waals surface area contributed by atoms with Crippen molar-refractivity contribution < 1.29 is 14.0 Å². The molecule has 0 aliphatic carbocycles. The molecule has 3 heterocycles. The predicted molar refractivity (Wildman–Crippen MR) is 112 cm³/mol. The number of para-hydroxylation sites is 2. The first kappa shape index (κ1) is 19.7. The Bertz CT molecular complexity index is 998. The number of nitrogens with zero attached hydrogens (tertiary/aromatic N) is 5. The zero-order valence-corrected chi connectivity index (χ0v) is 17.0. The van der Waals surface area contributed by atoms with Gasteiger partial charge in [-0.3, -0.25) is 14.5 Å². The number of piperazine rings is 1. The van der Waals surface area contributed by atoms with Crippen LogP contribution in [0.2, 0.25) is 0 Å². The number of ketones is 1. The van der Waals surface area contributed by atoms with Crippen LogP contribution in [0.4, 0.5) is 11.4 Å². The molecule has 2 aliphatic heterocycles. The van der Waals surface area contributed by atoms with Gasteiger partial charge in [0, 0.05) is 40.3 Å². The van der Waals surface area contributed by atoms with Crippen molar-refractivity contribution in [2.75, 3.05) is 56.6 Å². The highest BCUT2D eigenvalue weighted by molar-refractivity contribution is 6.03. The van der Waals surface area contributed by atoms with Crippen LogP contribution in [0.3, 0.4) is 0 Å². The van der Waals surface area contributed by atoms with Crippen LogP contribution >= 0.6 is 0 Å². The van der Waals surface area contributed by atoms with Gasteiger partial charge >= 0.3 is 0 Å². The van der Waals surface area contributed by atoms with Crippen LogP contribution in [-0.4, -0.2) is 68.3 Å². The average molecular weight is 405 g/mol. The molecule has 0 spiro atoms. The first-order valence-corrected chi connectivity index (χ1v) is 9.80. The summed E-state index contributed by atoms with van der Waals surface area (Å²) in [5.41, 5.74) is 2.06. The Kier molecular flexibility index (Phi) is 5.29. The van der Waals surface area contributed by atoms with Crippen LogP contribution < -0.4 is 9.80 Å². The summed E-state index contributed by atoms with van der Waals surface area (Å²) >= 11 is 0. The lowest BCUT2D eigenvalue weighted by molar-refractivity contribution is -0.116. The van der Waals surface area contributed by atoms with Crippen molar-refractivity contribution in [2.24, 2.45) is 0 Å². The maximum absolute atomic E-state index is 13.0. The number of benzene rings is 1. The minimum Gasteiger partial charge on any atom is -0.459 e. The number of hydrogen-bond acceptors (Lipinski definition) is 7. The number of fused-ring (bicyclic) bond motifs is 1. The molecule has 154 valence electrons. The summed E-state index contributed by atoms with van der Waals surface area (Å²) in [7, 11) is 3.72. The molecule has 2 aromatic rings. The van der Waals surface area contributed by atoms with Gasteiger partial charge < -0.3 is 19.1 Å². The van der Waals surface area contributed by atoms with Crippen molar-refractivity contribution in [3.05, 3.63) is 59.8 Å². The molecule has 0 atom stereocenters. The van der Waals surface area contributed by atoms with Crippen LogP contribution in [0.25, 0.3) is 0 Å². The number of hydrogen-bond donors (Lipinski definition) is 0. The fourth-order valence-corrected chi connectivity index (χ4v) is 4.00. The molecule has 30 heavy (non-hydrogen) atoms. The first-order chi connectivity index (χ1) is 14.5. The molecule has 0 unspecified atom stereocenters. The van der Waals surface area contributed by atoms with E-state index in [0.29, 0.717) is 37.8 Å². The molecule has 1 fully saturated rings. The molecule has 8 nitrogen and oxygen atoms in total. The van der Waals surface area contributed by atoms with Gasteiger partial charge in [0.05, 0.1) is 24.2 Å². The van der Waals surface area contributed by atoms with Crippen LogP contribution in [-0.2, 0) is 4.79 Å². The number of nitriles is 1. The SMILES string of the molecule is CN1C(=C(C#N)C(=O)CN2CCN(C(=O)c3ccco3)CC2)N(C)c2ccccc21. The van der Waals surface area contributed by atoms with Gasteiger partial charge in [-0.15, -0.1) is 0 Å². The second-order valence-electron chi connectivity index (χ2n) is 7.39. The number of amides is 1. The highest BCUT2D eigenvalue weighted by Gasteiger charge is 2.32. The van der Waals surface area contributed by atoms with E-state index in [0.717, 1.165) is 11.4 Å². The lowest BCUT2D eigenvalue weighted by Gasteiger charge is -2.34. The fraction of sp³-hybridized carbons (Fsp3) is 0.318. The van der Waals surface area contributed by atoms with Gasteiger partial charge in [-0.05, 0) is 24.3 Å². The Morgan fingerprint density at radius 3 is 2.17 bits per heavy atom. The molecule has 1 aromatic heterocycles. The van der Waals surface area contributed by atoms with Crippen LogP contribution in [0.1, 0.15) is 10.6 Å². The highest BCUT2D eigenvalue weighted by atomic mass is 16.3. The van der Waals surface area contributed by atoms with E-state index in [9.17, 15) is 14.9 Å². The summed E-state index contributed by atoms with van der Waals surface area (Å²) in [5.74, 6) is 0.556. The Hall–Kier alpha value is -3.57. The zero-order chi connectivity index (χ0) is 21.3. The number of carbonyl (C=O) groups excluding carboxylic acids is 2. The minimum atomic E-state index is -0.218. The molecule has 2 aliphatic rings. The van der Waals surface area contributed by atoms with Gasteiger partial charge in [0.15, 0.2) is 11.5 Å². The molecule has 8 heteroatoms. The van der Waals surface area contributed by atoms with E-state index in [2.05, 4.69) is 6.07 Å². The van der Waals surface area contributed by atoms with Crippen LogP contribution in [0.5, 0.6) is 0 Å². The van der Waals surface area contributed by atoms with Gasteiger partial charge in [0.1, 0.15) is 17.5 Å². The lowest BCUT2D eigenvalue weighted by Crippen LogP contribution is -2.50. The number of anilines is 2. The second kappa shape index (κ2) is 8.05. The van der Waals surface area contributed by atoms with E-state index in [1.165, 1.54) is 6.26 Å². The van der Waals surface area contributed by atoms with Gasteiger partial charge in [-0.2, -0.15) is 5.26 Å². The number of rotatable bonds is 4. The van der Waals surface area contributed by atoms with E-state index >= 15 is 0 Å². The third kappa shape index (κ3) is 3.44. The Morgan fingerprint density at radius 1 is 1.00 bits per heavy atom. The Morgan fingerprint density at radius 2 is 1.63 bits per heavy atom. The quantitative estimate of drug-likeness (QED) is 0.568. The molecule has 0 radical (unpaired) electrons. The standard InChI is InChI=1S/C22H23N5O3/c1-24-17-6-3-4-7-18(17)25(2)21(24)16(14-23)19(28)15-26-9-11-27(12-10-26)22(29)20-8-5-13-30-20/h3-8,13H,9-12,15H2,1-2H3. The van der Waals surface area contributed by atoms with Crippen LogP contribution in [0, 0.1) is 11.3 Å².